The number of ether oxygens (including phenoxy) is 4. The van der Waals surface area contributed by atoms with Crippen LogP contribution in [0.1, 0.15) is 17.5 Å². The van der Waals surface area contributed by atoms with E-state index in [2.05, 4.69) is 6.07 Å². The molecule has 1 aliphatic heterocycles. The Hall–Kier alpha value is -3.00. The lowest BCUT2D eigenvalue weighted by atomic mass is 9.84. The smallest absolute Gasteiger partial charge is 0.176 e. The molecule has 0 radical (unpaired) electrons. The van der Waals surface area contributed by atoms with Gasteiger partial charge in [-0.2, -0.15) is 0 Å². The van der Waals surface area contributed by atoms with E-state index >= 15 is 0 Å². The van der Waals surface area contributed by atoms with Gasteiger partial charge in [0.2, 0.25) is 0 Å². The Morgan fingerprint density at radius 2 is 1.18 bits per heavy atom. The van der Waals surface area contributed by atoms with Gasteiger partial charge < -0.3 is 52.1 Å². The Labute approximate surface area is 256 Å². The molecule has 1 saturated heterocycles. The summed E-state index contributed by atoms with van der Waals surface area (Å²) >= 11 is 0. The molecule has 2 aliphatic rings. The molecule has 6 rings (SSSR count). The van der Waals surface area contributed by atoms with Crippen LogP contribution in [0.25, 0.3) is 21.5 Å². The molecule has 4 unspecified atom stereocenters. The van der Waals surface area contributed by atoms with Crippen molar-refractivity contribution in [3.63, 3.8) is 0 Å². The van der Waals surface area contributed by atoms with Gasteiger partial charge in [0.05, 0.1) is 19.3 Å². The molecule has 0 spiro atoms. The lowest BCUT2D eigenvalue weighted by Crippen LogP contribution is -2.68. The van der Waals surface area contributed by atoms with E-state index in [1.165, 1.54) is 0 Å². The maximum atomic E-state index is 11.3. The van der Waals surface area contributed by atoms with Crippen LogP contribution in [0.15, 0.2) is 84.9 Å². The summed E-state index contributed by atoms with van der Waals surface area (Å²) in [6.45, 7) is 0.560. The molecule has 0 aromatic heterocycles. The number of hydrogen-bond acceptors (Lipinski definition) is 10. The Morgan fingerprint density at radius 3 is 1.75 bits per heavy atom. The summed E-state index contributed by atoms with van der Waals surface area (Å²) < 4.78 is 24.6. The second kappa shape index (κ2) is 13.6. The Bertz CT molecular complexity index is 1550. The van der Waals surface area contributed by atoms with E-state index in [0.29, 0.717) is 6.42 Å². The second-order valence-electron chi connectivity index (χ2n) is 11.9. The first-order valence-corrected chi connectivity index (χ1v) is 15.1. The van der Waals surface area contributed by atoms with Gasteiger partial charge in [0.15, 0.2) is 6.29 Å². The standard InChI is InChI=1S/C34H42N4O6/c35-16-27-33(42-18-20-10-12-22-6-2-4-8-24(22)14-20)29(39)28(38)34(43-27)44-32-26(37)15-25(36)31(30(32)40)41-17-19-9-11-21-5-1-3-7-23(21)13-19/h1-14,25-34,39-40H,15-18,35-38H2/t25-,26?,27?,28?,29-,30?,31-,32-,33-,34-/m1/s1. The largest absolute Gasteiger partial charge is 0.388 e. The Morgan fingerprint density at radius 1 is 0.659 bits per heavy atom. The average molecular weight is 603 g/mol. The monoisotopic (exact) mass is 602 g/mol. The minimum atomic E-state index is -1.15. The van der Waals surface area contributed by atoms with Crippen molar-refractivity contribution in [2.24, 2.45) is 22.9 Å². The molecule has 1 heterocycles. The fourth-order valence-electron chi connectivity index (χ4n) is 6.34. The molecule has 4 aromatic carbocycles. The molecule has 44 heavy (non-hydrogen) atoms. The maximum Gasteiger partial charge on any atom is 0.176 e. The molecule has 1 saturated carbocycles. The van der Waals surface area contributed by atoms with Gasteiger partial charge in [-0.15, -0.1) is 0 Å². The summed E-state index contributed by atoms with van der Waals surface area (Å²) in [4.78, 5) is 0. The van der Waals surface area contributed by atoms with Crippen LogP contribution in [0.2, 0.25) is 0 Å². The fourth-order valence-corrected chi connectivity index (χ4v) is 6.34. The van der Waals surface area contributed by atoms with E-state index < -0.39 is 61.0 Å². The minimum absolute atomic E-state index is 0.0632. The van der Waals surface area contributed by atoms with Crippen molar-refractivity contribution in [3.05, 3.63) is 96.1 Å². The van der Waals surface area contributed by atoms with E-state index in [4.69, 9.17) is 41.9 Å². The number of aliphatic hydroxyl groups is 2. The molecule has 4 aromatic rings. The summed E-state index contributed by atoms with van der Waals surface area (Å²) in [6.07, 6.45) is -6.13. The highest BCUT2D eigenvalue weighted by Gasteiger charge is 2.49. The van der Waals surface area contributed by atoms with Gasteiger partial charge in [0.1, 0.15) is 36.6 Å². The van der Waals surface area contributed by atoms with Crippen LogP contribution in [0.3, 0.4) is 0 Å². The predicted octanol–water partition coefficient (Wildman–Crippen LogP) is 1.64. The van der Waals surface area contributed by atoms with Gasteiger partial charge in [-0.3, -0.25) is 0 Å². The first-order valence-electron chi connectivity index (χ1n) is 15.1. The maximum absolute atomic E-state index is 11.3. The fraction of sp³-hybridized carbons (Fsp3) is 0.412. The zero-order chi connectivity index (χ0) is 30.8. The summed E-state index contributed by atoms with van der Waals surface area (Å²) in [5.41, 5.74) is 27.2. The van der Waals surface area contributed by atoms with Crippen molar-refractivity contribution in [3.8, 4) is 0 Å². The Balaban J connectivity index is 1.09. The zero-order valence-corrected chi connectivity index (χ0v) is 24.5. The highest BCUT2D eigenvalue weighted by atomic mass is 16.7. The third-order valence-electron chi connectivity index (χ3n) is 8.82. The quantitative estimate of drug-likeness (QED) is 0.165. The number of aliphatic hydroxyl groups excluding tert-OH is 2. The first kappa shape index (κ1) is 31.0. The summed E-state index contributed by atoms with van der Waals surface area (Å²) in [5, 5.41) is 27.0. The van der Waals surface area contributed by atoms with E-state index in [-0.39, 0.29) is 19.8 Å². The average Bonchev–Trinajstić information content (AvgIpc) is 3.04. The Kier molecular flexibility index (Phi) is 9.55. The van der Waals surface area contributed by atoms with Gasteiger partial charge >= 0.3 is 0 Å². The minimum Gasteiger partial charge on any atom is -0.388 e. The molecule has 2 fully saturated rings. The van der Waals surface area contributed by atoms with Crippen LogP contribution in [-0.2, 0) is 32.2 Å². The van der Waals surface area contributed by atoms with Gasteiger partial charge in [0, 0.05) is 18.6 Å². The number of hydrogen-bond donors (Lipinski definition) is 6. The summed E-state index contributed by atoms with van der Waals surface area (Å²) in [5.74, 6) is 0. The van der Waals surface area contributed by atoms with E-state index in [9.17, 15) is 10.2 Å². The van der Waals surface area contributed by atoms with Crippen LogP contribution in [0.5, 0.6) is 0 Å². The lowest BCUT2D eigenvalue weighted by Gasteiger charge is -2.47. The number of benzene rings is 4. The van der Waals surface area contributed by atoms with Crippen molar-refractivity contribution in [2.75, 3.05) is 6.54 Å². The van der Waals surface area contributed by atoms with E-state index in [1.54, 1.807) is 0 Å². The van der Waals surface area contributed by atoms with Crippen LogP contribution in [0.4, 0.5) is 0 Å². The van der Waals surface area contributed by atoms with Crippen molar-refractivity contribution >= 4 is 21.5 Å². The van der Waals surface area contributed by atoms with Crippen LogP contribution >= 0.6 is 0 Å². The van der Waals surface area contributed by atoms with Crippen molar-refractivity contribution < 1.29 is 29.2 Å². The number of fused-ring (bicyclic) bond motifs is 2. The topological polar surface area (TPSA) is 181 Å². The molecule has 0 bridgehead atoms. The molecule has 10 heteroatoms. The van der Waals surface area contributed by atoms with Crippen LogP contribution in [-0.4, -0.2) is 77.8 Å². The molecule has 10 atom stereocenters. The molecular weight excluding hydrogens is 560 g/mol. The summed E-state index contributed by atoms with van der Waals surface area (Å²) in [6, 6.07) is 26.2. The van der Waals surface area contributed by atoms with Gasteiger partial charge in [-0.1, -0.05) is 72.8 Å². The van der Waals surface area contributed by atoms with Gasteiger partial charge in [-0.05, 0) is 51.2 Å². The number of nitrogens with two attached hydrogens (primary N) is 4. The predicted molar refractivity (Wildman–Crippen MR) is 168 cm³/mol. The van der Waals surface area contributed by atoms with Crippen molar-refractivity contribution in [1.82, 2.24) is 0 Å². The highest BCUT2D eigenvalue weighted by Crippen LogP contribution is 2.30. The van der Waals surface area contributed by atoms with Gasteiger partial charge in [0.25, 0.3) is 0 Å². The molecule has 0 amide bonds. The first-order chi connectivity index (χ1) is 21.3. The molecule has 234 valence electrons. The lowest BCUT2D eigenvalue weighted by molar-refractivity contribution is -0.296. The van der Waals surface area contributed by atoms with Crippen molar-refractivity contribution in [1.29, 1.82) is 0 Å². The summed E-state index contributed by atoms with van der Waals surface area (Å²) in [7, 11) is 0. The third-order valence-corrected chi connectivity index (χ3v) is 8.82. The second-order valence-corrected chi connectivity index (χ2v) is 11.9. The molecule has 10 nitrogen and oxygen atoms in total. The van der Waals surface area contributed by atoms with Crippen molar-refractivity contribution in [2.45, 2.75) is 80.7 Å². The SMILES string of the molecule is NCC1O[C@H](O[C@@H]2C(N)C[C@@H](N)[C@@H](OCc3ccc4ccccc4c3)C2O)C(N)[C@@H](O)[C@@H]1OCc1ccc2ccccc2c1. The molecular formula is C34H42N4O6. The van der Waals surface area contributed by atoms with E-state index in [1.807, 2.05) is 78.9 Å². The van der Waals surface area contributed by atoms with Crippen LogP contribution < -0.4 is 22.9 Å². The highest BCUT2D eigenvalue weighted by molar-refractivity contribution is 5.83. The van der Waals surface area contributed by atoms with Crippen LogP contribution in [0, 0.1) is 0 Å². The van der Waals surface area contributed by atoms with Gasteiger partial charge in [-0.25, -0.2) is 0 Å². The third kappa shape index (κ3) is 6.51. The number of rotatable bonds is 9. The molecule has 10 N–H and O–H groups in total. The normalized spacial score (nSPS) is 32.7. The van der Waals surface area contributed by atoms with E-state index in [0.717, 1.165) is 32.7 Å². The molecule has 1 aliphatic carbocycles. The zero-order valence-electron chi connectivity index (χ0n) is 24.5.